The first kappa shape index (κ1) is 21.3. The average molecular weight is 514 g/mol. The molecule has 0 spiro atoms. The highest BCUT2D eigenvalue weighted by atomic mass is 32.1. The number of rotatable bonds is 2. The minimum absolute atomic E-state index is 1.25. The first-order valence-electron chi connectivity index (χ1n) is 13.4. The maximum Gasteiger partial charge on any atom is 0.0620 e. The number of benzene rings is 6. The van der Waals surface area contributed by atoms with Gasteiger partial charge < -0.3 is 4.40 Å². The molecule has 0 bridgehead atoms. The average Bonchev–Trinajstić information content (AvgIpc) is 3.63. The Hall–Kier alpha value is -4.66. The van der Waals surface area contributed by atoms with E-state index in [1.165, 1.54) is 86.1 Å². The molecule has 1 nitrogen and oxygen atoms in total. The van der Waals surface area contributed by atoms with Crippen molar-refractivity contribution in [2.75, 3.05) is 0 Å². The van der Waals surface area contributed by atoms with Gasteiger partial charge in [-0.05, 0) is 77.2 Å². The summed E-state index contributed by atoms with van der Waals surface area (Å²) < 4.78 is 5.16. The van der Waals surface area contributed by atoms with Crippen molar-refractivity contribution >= 4 is 69.6 Å². The van der Waals surface area contributed by atoms with Gasteiger partial charge in [-0.1, -0.05) is 78.9 Å². The van der Waals surface area contributed by atoms with Crippen molar-refractivity contribution in [1.82, 2.24) is 4.40 Å². The van der Waals surface area contributed by atoms with Crippen molar-refractivity contribution in [2.24, 2.45) is 0 Å². The summed E-state index contributed by atoms with van der Waals surface area (Å²) in [5.41, 5.74) is 10.3. The summed E-state index contributed by atoms with van der Waals surface area (Å²) in [4.78, 5) is 0. The molecule has 9 rings (SSSR count). The van der Waals surface area contributed by atoms with Crippen molar-refractivity contribution in [3.8, 4) is 22.3 Å². The Morgan fingerprint density at radius 1 is 0.487 bits per heavy atom. The predicted molar refractivity (Wildman–Crippen MR) is 170 cm³/mol. The van der Waals surface area contributed by atoms with Crippen LogP contribution < -0.4 is 0 Å². The second kappa shape index (κ2) is 7.69. The van der Waals surface area contributed by atoms with E-state index in [4.69, 9.17) is 0 Å². The highest BCUT2D eigenvalue weighted by Gasteiger charge is 2.18. The molecule has 0 unspecified atom stereocenters. The minimum Gasteiger partial charge on any atom is -0.308 e. The van der Waals surface area contributed by atoms with Gasteiger partial charge in [0.1, 0.15) is 0 Å². The fourth-order valence-corrected chi connectivity index (χ4v) is 7.90. The maximum atomic E-state index is 2.46. The third-order valence-corrected chi connectivity index (χ3v) is 9.57. The number of para-hydroxylation sites is 1. The standard InChI is InChI=1S/C37H23NS/c1-22-18-31-27-10-2-4-14-33(27)38-34-17-16-24(21-30(34)32(19-22)36(31)38)23-8-6-9-25(20-23)26-12-7-13-29-28-11-3-5-15-35(28)39-37(26)29/h2-21H,1H3. The highest BCUT2D eigenvalue weighted by molar-refractivity contribution is 7.26. The summed E-state index contributed by atoms with van der Waals surface area (Å²) in [6.45, 7) is 2.21. The summed E-state index contributed by atoms with van der Waals surface area (Å²) >= 11 is 1.89. The van der Waals surface area contributed by atoms with Crippen LogP contribution in [0.1, 0.15) is 5.56 Å². The molecule has 0 atom stereocenters. The zero-order chi connectivity index (χ0) is 25.7. The van der Waals surface area contributed by atoms with Crippen LogP contribution in [0.25, 0.3) is 80.5 Å². The van der Waals surface area contributed by atoms with Crippen molar-refractivity contribution in [3.63, 3.8) is 0 Å². The number of hydrogen-bond acceptors (Lipinski definition) is 1. The lowest BCUT2D eigenvalue weighted by molar-refractivity contribution is 1.37. The lowest BCUT2D eigenvalue weighted by atomic mass is 9.96. The summed E-state index contributed by atoms with van der Waals surface area (Å²) in [6, 6.07) is 45.0. The van der Waals surface area contributed by atoms with E-state index in [2.05, 4.69) is 133 Å². The molecule has 0 aliphatic carbocycles. The van der Waals surface area contributed by atoms with Gasteiger partial charge in [-0.15, -0.1) is 11.3 Å². The Kier molecular flexibility index (Phi) is 4.20. The van der Waals surface area contributed by atoms with Crippen LogP contribution in [0.4, 0.5) is 0 Å². The van der Waals surface area contributed by atoms with Gasteiger partial charge in [0.15, 0.2) is 0 Å². The number of aryl methyl sites for hydroxylation is 1. The fraction of sp³-hybridized carbons (Fsp3) is 0.0270. The number of nitrogens with zero attached hydrogens (tertiary/aromatic N) is 1. The molecular weight excluding hydrogens is 490 g/mol. The van der Waals surface area contributed by atoms with E-state index in [0.29, 0.717) is 0 Å². The van der Waals surface area contributed by atoms with E-state index < -0.39 is 0 Å². The van der Waals surface area contributed by atoms with Gasteiger partial charge >= 0.3 is 0 Å². The van der Waals surface area contributed by atoms with Crippen LogP contribution in [-0.4, -0.2) is 4.40 Å². The van der Waals surface area contributed by atoms with Crippen molar-refractivity contribution in [3.05, 3.63) is 127 Å². The molecule has 0 fully saturated rings. The molecule has 6 aromatic carbocycles. The van der Waals surface area contributed by atoms with Gasteiger partial charge in [0, 0.05) is 41.7 Å². The Bertz CT molecular complexity index is 2400. The van der Waals surface area contributed by atoms with E-state index in [-0.39, 0.29) is 0 Å². The molecular formula is C37H23NS. The molecule has 3 aromatic heterocycles. The van der Waals surface area contributed by atoms with Gasteiger partial charge in [-0.2, -0.15) is 0 Å². The lowest BCUT2D eigenvalue weighted by Gasteiger charge is -2.08. The van der Waals surface area contributed by atoms with Crippen LogP contribution in [0.15, 0.2) is 121 Å². The second-order valence-corrected chi connectivity index (χ2v) is 11.7. The summed E-state index contributed by atoms with van der Waals surface area (Å²) in [6.07, 6.45) is 0. The molecule has 2 heteroatoms. The monoisotopic (exact) mass is 513 g/mol. The molecule has 0 aliphatic rings. The quantitative estimate of drug-likeness (QED) is 0.216. The zero-order valence-electron chi connectivity index (χ0n) is 21.4. The largest absolute Gasteiger partial charge is 0.308 e. The second-order valence-electron chi connectivity index (χ2n) is 10.7. The van der Waals surface area contributed by atoms with Crippen LogP contribution in [0.2, 0.25) is 0 Å². The number of hydrogen-bond donors (Lipinski definition) is 0. The summed E-state index contributed by atoms with van der Waals surface area (Å²) in [7, 11) is 0. The summed E-state index contributed by atoms with van der Waals surface area (Å²) in [5.74, 6) is 0. The predicted octanol–water partition coefficient (Wildman–Crippen LogP) is 10.8. The van der Waals surface area contributed by atoms with Gasteiger partial charge in [-0.3, -0.25) is 0 Å². The van der Waals surface area contributed by atoms with Gasteiger partial charge in [-0.25, -0.2) is 0 Å². The topological polar surface area (TPSA) is 4.41 Å². The van der Waals surface area contributed by atoms with Crippen LogP contribution in [0, 0.1) is 6.92 Å². The smallest absolute Gasteiger partial charge is 0.0620 e. The Morgan fingerprint density at radius 2 is 1.18 bits per heavy atom. The zero-order valence-corrected chi connectivity index (χ0v) is 22.2. The molecule has 9 aromatic rings. The van der Waals surface area contributed by atoms with Crippen LogP contribution >= 0.6 is 11.3 Å². The van der Waals surface area contributed by atoms with E-state index >= 15 is 0 Å². The molecule has 0 saturated carbocycles. The third kappa shape index (κ3) is 2.90. The molecule has 0 saturated heterocycles. The number of thiophene rings is 1. The van der Waals surface area contributed by atoms with E-state index in [1.807, 2.05) is 11.3 Å². The fourth-order valence-electron chi connectivity index (χ4n) is 6.66. The molecule has 0 aliphatic heterocycles. The first-order chi connectivity index (χ1) is 19.2. The van der Waals surface area contributed by atoms with E-state index in [1.54, 1.807) is 0 Å². The van der Waals surface area contributed by atoms with Crippen LogP contribution in [0.5, 0.6) is 0 Å². The maximum absolute atomic E-state index is 2.46. The van der Waals surface area contributed by atoms with Gasteiger partial charge in [0.25, 0.3) is 0 Å². The van der Waals surface area contributed by atoms with E-state index in [9.17, 15) is 0 Å². The van der Waals surface area contributed by atoms with Crippen molar-refractivity contribution in [1.29, 1.82) is 0 Å². The molecule has 0 amide bonds. The SMILES string of the molecule is Cc1cc2c3ccccc3n3c4ccc(-c5cccc(-c6cccc7c6sc6ccccc67)c5)cc4c(c1)c23. The molecule has 3 heterocycles. The van der Waals surface area contributed by atoms with Crippen LogP contribution in [0.3, 0.4) is 0 Å². The van der Waals surface area contributed by atoms with Crippen molar-refractivity contribution < 1.29 is 0 Å². The molecule has 39 heavy (non-hydrogen) atoms. The van der Waals surface area contributed by atoms with Gasteiger partial charge in [0.05, 0.1) is 16.6 Å². The van der Waals surface area contributed by atoms with Gasteiger partial charge in [0.2, 0.25) is 0 Å². The van der Waals surface area contributed by atoms with E-state index in [0.717, 1.165) is 0 Å². The Labute approximate surface area is 229 Å². The molecule has 182 valence electrons. The lowest BCUT2D eigenvalue weighted by Crippen LogP contribution is -1.84. The normalized spacial score (nSPS) is 12.2. The number of aromatic nitrogens is 1. The molecule has 0 radical (unpaired) electrons. The van der Waals surface area contributed by atoms with Crippen molar-refractivity contribution in [2.45, 2.75) is 6.92 Å². The Balaban J connectivity index is 1.26. The Morgan fingerprint density at radius 3 is 2.10 bits per heavy atom. The van der Waals surface area contributed by atoms with Crippen LogP contribution in [-0.2, 0) is 0 Å². The highest BCUT2D eigenvalue weighted by Crippen LogP contribution is 2.43. The summed E-state index contributed by atoms with van der Waals surface area (Å²) in [5, 5.41) is 8.01. The molecule has 0 N–H and O–H groups in total. The number of fused-ring (bicyclic) bond motifs is 9. The third-order valence-electron chi connectivity index (χ3n) is 8.35. The first-order valence-corrected chi connectivity index (χ1v) is 14.3. The minimum atomic E-state index is 1.25.